The van der Waals surface area contributed by atoms with Crippen molar-refractivity contribution >= 4 is 10.1 Å². The van der Waals surface area contributed by atoms with Gasteiger partial charge in [-0.25, -0.2) is 17.2 Å². The van der Waals surface area contributed by atoms with Crippen molar-refractivity contribution in [3.05, 3.63) is 52.6 Å². The Morgan fingerprint density at radius 1 is 0.821 bits per heavy atom. The lowest BCUT2D eigenvalue weighted by molar-refractivity contribution is 0.427. The van der Waals surface area contributed by atoms with Crippen molar-refractivity contribution in [3.63, 3.8) is 0 Å². The van der Waals surface area contributed by atoms with Crippen LogP contribution in [0.15, 0.2) is 29.2 Å². The van der Waals surface area contributed by atoms with Crippen molar-refractivity contribution in [1.29, 1.82) is 0 Å². The van der Waals surface area contributed by atoms with Gasteiger partial charge in [-0.3, -0.25) is 0 Å². The van der Waals surface area contributed by atoms with E-state index >= 15 is 0 Å². The summed E-state index contributed by atoms with van der Waals surface area (Å²) in [4.78, 5) is -1.50. The minimum absolute atomic E-state index is 0.0854. The van der Waals surface area contributed by atoms with E-state index in [1.807, 2.05) is 39.8 Å². The van der Waals surface area contributed by atoms with Gasteiger partial charge in [0.05, 0.1) is 0 Å². The number of halogens is 2. The van der Waals surface area contributed by atoms with E-state index in [9.17, 15) is 21.8 Å². The minimum atomic E-state index is -5.27. The van der Waals surface area contributed by atoms with Gasteiger partial charge in [-0.05, 0) is 34.4 Å². The first-order valence-corrected chi connectivity index (χ1v) is 10.5. The number of ether oxygens (including phenoxy) is 1. The lowest BCUT2D eigenvalue weighted by Crippen LogP contribution is -2.07. The molecule has 0 amide bonds. The second-order valence-corrected chi connectivity index (χ2v) is 9.08. The molecule has 0 heterocycles. The lowest BCUT2D eigenvalue weighted by atomic mass is 9.88. The third-order valence-electron chi connectivity index (χ3n) is 4.52. The number of hydrogen-bond acceptors (Lipinski definition) is 4. The van der Waals surface area contributed by atoms with Gasteiger partial charge >= 0.3 is 0 Å². The highest BCUT2D eigenvalue weighted by molar-refractivity contribution is 7.85. The fourth-order valence-corrected chi connectivity index (χ4v) is 3.56. The highest BCUT2D eigenvalue weighted by Gasteiger charge is 2.22. The Morgan fingerprint density at radius 3 is 1.57 bits per heavy atom. The van der Waals surface area contributed by atoms with Crippen LogP contribution in [-0.2, 0) is 10.1 Å². The number of hydrogen-bond donors (Lipinski definition) is 0. The molecule has 0 aliphatic carbocycles. The molecule has 0 aliphatic rings. The summed E-state index contributed by atoms with van der Waals surface area (Å²) < 4.78 is 67.2. The zero-order valence-corrected chi connectivity index (χ0v) is 17.7. The summed E-state index contributed by atoms with van der Waals surface area (Å²) in [6.45, 7) is 12.1. The Morgan fingerprint density at radius 2 is 1.25 bits per heavy atom. The Kier molecular flexibility index (Phi) is 6.51. The normalized spacial score (nSPS) is 12.3. The molecular weight excluding hydrogens is 386 g/mol. The van der Waals surface area contributed by atoms with Crippen molar-refractivity contribution in [3.8, 4) is 11.5 Å². The van der Waals surface area contributed by atoms with E-state index < -0.39 is 26.6 Å². The molecule has 0 radical (unpaired) electrons. The van der Waals surface area contributed by atoms with E-state index in [2.05, 4.69) is 13.8 Å². The Labute approximate surface area is 165 Å². The van der Waals surface area contributed by atoms with Crippen LogP contribution in [0.2, 0.25) is 0 Å². The van der Waals surface area contributed by atoms with Crippen LogP contribution in [0.5, 0.6) is 11.5 Å². The predicted molar refractivity (Wildman–Crippen MR) is 103 cm³/mol. The van der Waals surface area contributed by atoms with E-state index in [0.717, 1.165) is 28.8 Å². The average molecular weight is 411 g/mol. The van der Waals surface area contributed by atoms with Crippen LogP contribution in [0.3, 0.4) is 0 Å². The number of rotatable bonds is 6. The quantitative estimate of drug-likeness (QED) is 0.544. The largest absolute Gasteiger partial charge is 0.744 e. The van der Waals surface area contributed by atoms with Crippen LogP contribution < -0.4 is 4.74 Å². The standard InChI is InChI=1S/C21H26F2O4S/c1-11(2)14-7-16(12(3)4)20(17(8-14)13(5)6)27-15-9-18(22)21(19(23)10-15)28(24,25)26/h7-13H,1-6H3,(H,24,25,26)/p-1. The third-order valence-corrected chi connectivity index (χ3v) is 5.41. The van der Waals surface area contributed by atoms with Crippen LogP contribution in [-0.4, -0.2) is 13.0 Å². The summed E-state index contributed by atoms with van der Waals surface area (Å²) >= 11 is 0. The van der Waals surface area contributed by atoms with Crippen LogP contribution in [0.4, 0.5) is 8.78 Å². The van der Waals surface area contributed by atoms with Gasteiger partial charge in [-0.1, -0.05) is 53.7 Å². The molecule has 28 heavy (non-hydrogen) atoms. The van der Waals surface area contributed by atoms with Gasteiger partial charge in [0.1, 0.15) is 38.1 Å². The molecule has 4 nitrogen and oxygen atoms in total. The van der Waals surface area contributed by atoms with E-state index in [1.54, 1.807) is 0 Å². The maximum Gasteiger partial charge on any atom is 0.147 e. The Balaban J connectivity index is 2.66. The van der Waals surface area contributed by atoms with Crippen molar-refractivity contribution in [1.82, 2.24) is 0 Å². The van der Waals surface area contributed by atoms with Crippen molar-refractivity contribution in [2.24, 2.45) is 0 Å². The fraction of sp³-hybridized carbons (Fsp3) is 0.429. The molecule has 154 valence electrons. The maximum atomic E-state index is 14.1. The minimum Gasteiger partial charge on any atom is -0.744 e. The van der Waals surface area contributed by atoms with Crippen LogP contribution in [0.1, 0.15) is 76.0 Å². The van der Waals surface area contributed by atoms with Crippen LogP contribution in [0, 0.1) is 11.6 Å². The SMILES string of the molecule is CC(C)c1cc(C(C)C)c(Oc2cc(F)c(S(=O)(=O)[O-])c(F)c2)c(C(C)C)c1. The first kappa shape index (κ1) is 22.3. The molecule has 0 aliphatic heterocycles. The van der Waals surface area contributed by atoms with Crippen molar-refractivity contribution in [2.45, 2.75) is 64.2 Å². The molecule has 0 aromatic heterocycles. The van der Waals surface area contributed by atoms with Gasteiger partial charge in [0.25, 0.3) is 0 Å². The predicted octanol–water partition coefficient (Wildman–Crippen LogP) is 6.03. The van der Waals surface area contributed by atoms with Gasteiger partial charge in [0.2, 0.25) is 0 Å². The molecule has 0 saturated heterocycles. The monoisotopic (exact) mass is 411 g/mol. The molecule has 0 saturated carbocycles. The summed E-state index contributed by atoms with van der Waals surface area (Å²) in [7, 11) is -5.27. The van der Waals surface area contributed by atoms with E-state index in [1.165, 1.54) is 0 Å². The molecule has 0 bridgehead atoms. The second kappa shape index (κ2) is 8.17. The zero-order valence-electron chi connectivity index (χ0n) is 16.8. The molecule has 0 N–H and O–H groups in total. The Bertz CT molecular complexity index is 928. The van der Waals surface area contributed by atoms with E-state index in [0.29, 0.717) is 11.7 Å². The molecule has 2 rings (SSSR count). The van der Waals surface area contributed by atoms with E-state index in [-0.39, 0.29) is 17.6 Å². The molecule has 2 aromatic carbocycles. The second-order valence-electron chi connectivity index (χ2n) is 7.76. The highest BCUT2D eigenvalue weighted by atomic mass is 32.2. The molecule has 0 spiro atoms. The average Bonchev–Trinajstić information content (AvgIpc) is 2.51. The lowest BCUT2D eigenvalue weighted by Gasteiger charge is -2.23. The van der Waals surface area contributed by atoms with Gasteiger partial charge < -0.3 is 9.29 Å². The summed E-state index contributed by atoms with van der Waals surface area (Å²) in [5.41, 5.74) is 2.90. The molecule has 0 unspecified atom stereocenters. The highest BCUT2D eigenvalue weighted by Crippen LogP contribution is 2.40. The first-order chi connectivity index (χ1) is 12.8. The fourth-order valence-electron chi connectivity index (χ4n) is 2.96. The molecule has 0 atom stereocenters. The van der Waals surface area contributed by atoms with Crippen molar-refractivity contribution in [2.75, 3.05) is 0 Å². The van der Waals surface area contributed by atoms with E-state index in [4.69, 9.17) is 4.74 Å². The van der Waals surface area contributed by atoms with Gasteiger partial charge in [0.15, 0.2) is 0 Å². The first-order valence-electron chi connectivity index (χ1n) is 9.13. The zero-order chi connectivity index (χ0) is 21.4. The topological polar surface area (TPSA) is 66.4 Å². The summed E-state index contributed by atoms with van der Waals surface area (Å²) in [5.74, 6) is -2.19. The molecule has 0 fully saturated rings. The van der Waals surface area contributed by atoms with Crippen LogP contribution in [0.25, 0.3) is 0 Å². The summed E-state index contributed by atoms with van der Waals surface area (Å²) in [6, 6.07) is 5.47. The molecular formula is C21H25F2O4S-. The smallest absolute Gasteiger partial charge is 0.147 e. The summed E-state index contributed by atoms with van der Waals surface area (Å²) in [6.07, 6.45) is 0. The summed E-state index contributed by atoms with van der Waals surface area (Å²) in [5, 5.41) is 0. The molecule has 7 heteroatoms. The van der Waals surface area contributed by atoms with Gasteiger partial charge in [-0.2, -0.15) is 0 Å². The third kappa shape index (κ3) is 4.70. The maximum absolute atomic E-state index is 14.1. The van der Waals surface area contributed by atoms with Crippen molar-refractivity contribution < 1.29 is 26.5 Å². The van der Waals surface area contributed by atoms with Crippen LogP contribution >= 0.6 is 0 Å². The number of benzene rings is 2. The molecule has 2 aromatic rings. The Hall–Kier alpha value is -1.99. The van der Waals surface area contributed by atoms with Gasteiger partial charge in [0, 0.05) is 12.1 Å². The van der Waals surface area contributed by atoms with Gasteiger partial charge in [-0.15, -0.1) is 0 Å².